The summed E-state index contributed by atoms with van der Waals surface area (Å²) in [5.74, 6) is 2.16. The minimum absolute atomic E-state index is 0.795. The smallest absolute Gasteiger partial charge is 0.122 e. The molecule has 2 aromatic carbocycles. The minimum Gasteiger partial charge on any atom is -0.329 e. The second kappa shape index (κ2) is 14.2. The Morgan fingerprint density at radius 2 is 0.971 bits per heavy atom. The van der Waals surface area contributed by atoms with Crippen molar-refractivity contribution >= 4 is 0 Å². The van der Waals surface area contributed by atoms with Crippen LogP contribution in [0.3, 0.4) is 0 Å². The number of rotatable bonds is 16. The molecule has 0 aliphatic heterocycles. The van der Waals surface area contributed by atoms with Crippen molar-refractivity contribution in [2.24, 2.45) is 0 Å². The minimum atomic E-state index is 0.795. The van der Waals surface area contributed by atoms with E-state index in [9.17, 15) is 0 Å². The highest BCUT2D eigenvalue weighted by Gasteiger charge is 2.04. The van der Waals surface area contributed by atoms with Crippen molar-refractivity contribution in [1.82, 2.24) is 35.1 Å². The van der Waals surface area contributed by atoms with Gasteiger partial charge in [-0.1, -0.05) is 60.7 Å². The molecule has 0 saturated heterocycles. The highest BCUT2D eigenvalue weighted by atomic mass is 15.1. The van der Waals surface area contributed by atoms with Gasteiger partial charge < -0.3 is 25.1 Å². The predicted octanol–water partition coefficient (Wildman–Crippen LogP) is 3.43. The van der Waals surface area contributed by atoms with Gasteiger partial charge in [0.2, 0.25) is 0 Å². The maximum atomic E-state index is 4.50. The summed E-state index contributed by atoms with van der Waals surface area (Å²) < 4.78 is 4.42. The molecule has 0 saturated carbocycles. The lowest BCUT2D eigenvalue weighted by Gasteiger charge is -2.10. The summed E-state index contributed by atoms with van der Waals surface area (Å²) in [5.41, 5.74) is 2.59. The van der Waals surface area contributed by atoms with Crippen molar-refractivity contribution in [2.45, 2.75) is 39.0 Å². The van der Waals surface area contributed by atoms with Crippen LogP contribution in [0.1, 0.15) is 35.6 Å². The Morgan fingerprint density at radius 1 is 0.543 bits per heavy atom. The van der Waals surface area contributed by atoms with Gasteiger partial charge in [-0.05, 0) is 50.1 Å². The predicted molar refractivity (Wildman–Crippen MR) is 141 cm³/mol. The van der Waals surface area contributed by atoms with Crippen LogP contribution in [0.25, 0.3) is 0 Å². The van der Waals surface area contributed by atoms with Crippen LogP contribution in [0.5, 0.6) is 0 Å². The van der Waals surface area contributed by atoms with Gasteiger partial charge in [0.05, 0.1) is 13.1 Å². The van der Waals surface area contributed by atoms with Crippen LogP contribution in [0.2, 0.25) is 0 Å². The van der Waals surface area contributed by atoms with E-state index in [2.05, 4.69) is 108 Å². The summed E-state index contributed by atoms with van der Waals surface area (Å²) in [6.07, 6.45) is 10.1. The third-order valence-electron chi connectivity index (χ3n) is 5.98. The molecule has 4 rings (SSSR count). The van der Waals surface area contributed by atoms with E-state index in [1.807, 2.05) is 12.4 Å². The molecule has 0 amide bonds. The number of nitrogens with one attached hydrogen (secondary N) is 3. The fourth-order valence-electron chi connectivity index (χ4n) is 4.06. The largest absolute Gasteiger partial charge is 0.329 e. The molecule has 0 aliphatic carbocycles. The van der Waals surface area contributed by atoms with Gasteiger partial charge in [0, 0.05) is 37.9 Å². The molecule has 3 N–H and O–H groups in total. The molecule has 0 bridgehead atoms. The van der Waals surface area contributed by atoms with Crippen LogP contribution < -0.4 is 16.0 Å². The van der Waals surface area contributed by atoms with Gasteiger partial charge in [0.1, 0.15) is 11.6 Å². The molecule has 4 aromatic rings. The van der Waals surface area contributed by atoms with Gasteiger partial charge in [-0.2, -0.15) is 0 Å². The first kappa shape index (κ1) is 24.9. The Kier molecular flexibility index (Phi) is 10.1. The van der Waals surface area contributed by atoms with Crippen LogP contribution in [0, 0.1) is 0 Å². The van der Waals surface area contributed by atoms with E-state index in [0.29, 0.717) is 0 Å². The third-order valence-corrected chi connectivity index (χ3v) is 5.98. The molecular weight excluding hydrogens is 434 g/mol. The van der Waals surface area contributed by atoms with E-state index >= 15 is 0 Å². The van der Waals surface area contributed by atoms with E-state index in [0.717, 1.165) is 76.8 Å². The molecule has 7 nitrogen and oxygen atoms in total. The maximum Gasteiger partial charge on any atom is 0.122 e. The van der Waals surface area contributed by atoms with Crippen LogP contribution in [-0.4, -0.2) is 45.3 Å². The summed E-state index contributed by atoms with van der Waals surface area (Å²) in [6.45, 7) is 7.32. The van der Waals surface area contributed by atoms with Crippen molar-refractivity contribution in [3.05, 3.63) is 108 Å². The molecule has 0 spiro atoms. The second-order valence-electron chi connectivity index (χ2n) is 8.72. The van der Waals surface area contributed by atoms with Crippen LogP contribution in [0.15, 0.2) is 85.5 Å². The second-order valence-corrected chi connectivity index (χ2v) is 8.72. The monoisotopic (exact) mass is 471 g/mol. The van der Waals surface area contributed by atoms with Crippen LogP contribution in [-0.2, 0) is 26.2 Å². The zero-order chi connectivity index (χ0) is 24.0. The van der Waals surface area contributed by atoms with Crippen molar-refractivity contribution in [1.29, 1.82) is 0 Å². The molecular formula is C28H37N7. The average molecular weight is 472 g/mol. The zero-order valence-electron chi connectivity index (χ0n) is 20.4. The van der Waals surface area contributed by atoms with Crippen LogP contribution in [0.4, 0.5) is 0 Å². The van der Waals surface area contributed by atoms with Crippen molar-refractivity contribution < 1.29 is 0 Å². The van der Waals surface area contributed by atoms with Crippen molar-refractivity contribution in [2.75, 3.05) is 26.2 Å². The highest BCUT2D eigenvalue weighted by Crippen LogP contribution is 2.06. The van der Waals surface area contributed by atoms with Gasteiger partial charge in [-0.3, -0.25) is 0 Å². The standard InChI is InChI=1S/C28H37N7/c1-3-9-25(10-4-1)23-34-19-17-32-27(34)21-30-15-7-13-29-14-8-16-31-22-28-33-18-20-35(28)24-26-11-5-2-6-12-26/h1-6,9-12,17-20,29-31H,7-8,13-16,21-24H2. The third kappa shape index (κ3) is 8.47. The van der Waals surface area contributed by atoms with Gasteiger partial charge in [0.15, 0.2) is 0 Å². The molecule has 184 valence electrons. The van der Waals surface area contributed by atoms with E-state index in [4.69, 9.17) is 0 Å². The Labute approximate surface area is 208 Å². The Bertz CT molecular complexity index is 1000. The van der Waals surface area contributed by atoms with E-state index in [1.54, 1.807) is 0 Å². The van der Waals surface area contributed by atoms with Gasteiger partial charge in [-0.25, -0.2) is 9.97 Å². The molecule has 2 heterocycles. The Balaban J connectivity index is 1.01. The summed E-state index contributed by atoms with van der Waals surface area (Å²) in [7, 11) is 0. The topological polar surface area (TPSA) is 71.7 Å². The molecule has 0 aliphatic rings. The fourth-order valence-corrected chi connectivity index (χ4v) is 4.06. The summed E-state index contributed by atoms with van der Waals surface area (Å²) in [5, 5.41) is 10.6. The molecule has 35 heavy (non-hydrogen) atoms. The number of imidazole rings is 2. The van der Waals surface area contributed by atoms with Crippen molar-refractivity contribution in [3.8, 4) is 0 Å². The molecule has 0 unspecified atom stereocenters. The van der Waals surface area contributed by atoms with Crippen LogP contribution >= 0.6 is 0 Å². The first-order valence-corrected chi connectivity index (χ1v) is 12.6. The van der Waals surface area contributed by atoms with Gasteiger partial charge in [0.25, 0.3) is 0 Å². The van der Waals surface area contributed by atoms with Gasteiger partial charge >= 0.3 is 0 Å². The number of benzene rings is 2. The van der Waals surface area contributed by atoms with E-state index in [-0.39, 0.29) is 0 Å². The van der Waals surface area contributed by atoms with Crippen molar-refractivity contribution in [3.63, 3.8) is 0 Å². The lowest BCUT2D eigenvalue weighted by Crippen LogP contribution is -2.26. The maximum absolute atomic E-state index is 4.50. The molecule has 0 fully saturated rings. The number of aromatic nitrogens is 4. The average Bonchev–Trinajstić information content (AvgIpc) is 3.53. The quantitative estimate of drug-likeness (QED) is 0.219. The first-order chi connectivity index (χ1) is 17.4. The lowest BCUT2D eigenvalue weighted by molar-refractivity contribution is 0.548. The van der Waals surface area contributed by atoms with E-state index in [1.165, 1.54) is 11.1 Å². The normalized spacial score (nSPS) is 11.2. The summed E-state index contributed by atoms with van der Waals surface area (Å²) in [6, 6.07) is 21.0. The summed E-state index contributed by atoms with van der Waals surface area (Å²) >= 11 is 0. The molecule has 0 atom stereocenters. The molecule has 7 heteroatoms. The Hall–Kier alpha value is -3.26. The molecule has 2 aromatic heterocycles. The summed E-state index contributed by atoms with van der Waals surface area (Å²) in [4.78, 5) is 9.01. The lowest BCUT2D eigenvalue weighted by atomic mass is 10.2. The Morgan fingerprint density at radius 3 is 1.43 bits per heavy atom. The highest BCUT2D eigenvalue weighted by molar-refractivity contribution is 5.16. The first-order valence-electron chi connectivity index (χ1n) is 12.6. The number of hydrogen-bond acceptors (Lipinski definition) is 5. The fraction of sp³-hybridized carbons (Fsp3) is 0.357. The van der Waals surface area contributed by atoms with Gasteiger partial charge in [-0.15, -0.1) is 0 Å². The van der Waals surface area contributed by atoms with E-state index < -0.39 is 0 Å². The molecule has 0 radical (unpaired) electrons. The zero-order valence-corrected chi connectivity index (χ0v) is 20.4. The SMILES string of the molecule is c1ccc(Cn2ccnc2CNCCCNCCCNCc2nccn2Cc2ccccc2)cc1. The number of nitrogens with zero attached hydrogens (tertiary/aromatic N) is 4. The number of hydrogen-bond donors (Lipinski definition) is 3.